The van der Waals surface area contributed by atoms with Crippen LogP contribution < -0.4 is 5.73 Å². The molecule has 1 heterocycles. The topological polar surface area (TPSA) is 56.7 Å². The summed E-state index contributed by atoms with van der Waals surface area (Å²) in [5.74, 6) is 1.30. The summed E-state index contributed by atoms with van der Waals surface area (Å²) in [6.07, 6.45) is 1.01. The molecule has 1 aromatic heterocycles. The third kappa shape index (κ3) is 1.42. The van der Waals surface area contributed by atoms with E-state index in [4.69, 9.17) is 5.73 Å². The molecule has 0 saturated carbocycles. The maximum atomic E-state index is 5.58. The SMILES string of the molecule is CCC(C)(C)c1nc(N)n(C)n1. The van der Waals surface area contributed by atoms with Crippen LogP contribution in [-0.2, 0) is 12.5 Å². The van der Waals surface area contributed by atoms with E-state index in [1.807, 2.05) is 0 Å². The summed E-state index contributed by atoms with van der Waals surface area (Å²) in [4.78, 5) is 4.18. The summed E-state index contributed by atoms with van der Waals surface area (Å²) in [5.41, 5.74) is 5.60. The Kier molecular flexibility index (Phi) is 2.08. The van der Waals surface area contributed by atoms with E-state index in [0.29, 0.717) is 5.95 Å². The van der Waals surface area contributed by atoms with Gasteiger partial charge in [-0.25, -0.2) is 4.68 Å². The maximum absolute atomic E-state index is 5.58. The number of nitrogen functional groups attached to an aromatic ring is 1. The van der Waals surface area contributed by atoms with Crippen molar-refractivity contribution in [1.82, 2.24) is 14.8 Å². The van der Waals surface area contributed by atoms with Gasteiger partial charge in [0.2, 0.25) is 5.95 Å². The lowest BCUT2D eigenvalue weighted by Crippen LogP contribution is -2.17. The van der Waals surface area contributed by atoms with Gasteiger partial charge in [-0.05, 0) is 6.42 Å². The fourth-order valence-electron chi connectivity index (χ4n) is 0.841. The molecule has 12 heavy (non-hydrogen) atoms. The van der Waals surface area contributed by atoms with Crippen molar-refractivity contribution in [2.75, 3.05) is 5.73 Å². The highest BCUT2D eigenvalue weighted by atomic mass is 15.4. The van der Waals surface area contributed by atoms with Crippen molar-refractivity contribution in [1.29, 1.82) is 0 Å². The van der Waals surface area contributed by atoms with Gasteiger partial charge in [0, 0.05) is 12.5 Å². The molecule has 0 aliphatic heterocycles. The minimum Gasteiger partial charge on any atom is -0.368 e. The zero-order valence-corrected chi connectivity index (χ0v) is 8.13. The van der Waals surface area contributed by atoms with Gasteiger partial charge in [0.15, 0.2) is 5.82 Å². The highest BCUT2D eigenvalue weighted by molar-refractivity contribution is 5.18. The standard InChI is InChI=1S/C8H16N4/c1-5-8(2,3)6-10-7(9)12(4)11-6/h5H2,1-4H3,(H2,9,10,11). The summed E-state index contributed by atoms with van der Waals surface area (Å²) in [7, 11) is 1.80. The Hall–Kier alpha value is -1.06. The molecule has 0 amide bonds. The van der Waals surface area contributed by atoms with Crippen molar-refractivity contribution in [2.24, 2.45) is 7.05 Å². The normalized spacial score (nSPS) is 12.0. The highest BCUT2D eigenvalue weighted by Crippen LogP contribution is 2.23. The first-order valence-electron chi connectivity index (χ1n) is 4.14. The first-order chi connectivity index (χ1) is 5.47. The molecule has 0 atom stereocenters. The summed E-state index contributed by atoms with van der Waals surface area (Å²) in [6.45, 7) is 6.34. The molecule has 0 aliphatic rings. The molecule has 0 aliphatic carbocycles. The van der Waals surface area contributed by atoms with E-state index < -0.39 is 0 Å². The summed E-state index contributed by atoms with van der Waals surface area (Å²) in [5, 5.41) is 4.23. The molecule has 2 N–H and O–H groups in total. The Balaban J connectivity index is 3.04. The number of nitrogens with two attached hydrogens (primary N) is 1. The second-order valence-corrected chi connectivity index (χ2v) is 3.65. The minimum absolute atomic E-state index is 0.0232. The van der Waals surface area contributed by atoms with E-state index in [9.17, 15) is 0 Å². The van der Waals surface area contributed by atoms with Crippen LogP contribution >= 0.6 is 0 Å². The van der Waals surface area contributed by atoms with E-state index in [2.05, 4.69) is 30.9 Å². The zero-order chi connectivity index (χ0) is 9.35. The van der Waals surface area contributed by atoms with Crippen molar-refractivity contribution in [3.63, 3.8) is 0 Å². The Bertz CT molecular complexity index is 255. The van der Waals surface area contributed by atoms with Gasteiger partial charge in [-0.1, -0.05) is 20.8 Å². The van der Waals surface area contributed by atoms with Crippen molar-refractivity contribution >= 4 is 5.95 Å². The molecule has 4 heteroatoms. The molecule has 0 unspecified atom stereocenters. The molecule has 68 valence electrons. The van der Waals surface area contributed by atoms with Crippen LogP contribution in [-0.4, -0.2) is 14.8 Å². The van der Waals surface area contributed by atoms with Gasteiger partial charge in [-0.3, -0.25) is 0 Å². The van der Waals surface area contributed by atoms with E-state index >= 15 is 0 Å². The minimum atomic E-state index is 0.0232. The predicted molar refractivity (Wildman–Crippen MR) is 48.7 cm³/mol. The summed E-state index contributed by atoms with van der Waals surface area (Å²) >= 11 is 0. The summed E-state index contributed by atoms with van der Waals surface area (Å²) < 4.78 is 1.60. The lowest BCUT2D eigenvalue weighted by atomic mass is 9.90. The molecular weight excluding hydrogens is 152 g/mol. The first-order valence-corrected chi connectivity index (χ1v) is 4.14. The van der Waals surface area contributed by atoms with Crippen LogP contribution in [0.2, 0.25) is 0 Å². The van der Waals surface area contributed by atoms with Crippen LogP contribution in [0.15, 0.2) is 0 Å². The van der Waals surface area contributed by atoms with Crippen LogP contribution in [0, 0.1) is 0 Å². The first kappa shape index (κ1) is 9.03. The van der Waals surface area contributed by atoms with Gasteiger partial charge in [-0.15, -0.1) is 0 Å². The third-order valence-corrected chi connectivity index (χ3v) is 2.29. The lowest BCUT2D eigenvalue weighted by Gasteiger charge is -2.17. The van der Waals surface area contributed by atoms with Gasteiger partial charge in [0.1, 0.15) is 0 Å². The van der Waals surface area contributed by atoms with Gasteiger partial charge < -0.3 is 5.73 Å². The number of anilines is 1. The second-order valence-electron chi connectivity index (χ2n) is 3.65. The average molecular weight is 168 g/mol. The molecule has 0 saturated heterocycles. The molecule has 1 rings (SSSR count). The smallest absolute Gasteiger partial charge is 0.218 e. The number of nitrogens with zero attached hydrogens (tertiary/aromatic N) is 3. The molecule has 1 aromatic rings. The fraction of sp³-hybridized carbons (Fsp3) is 0.750. The average Bonchev–Trinajstić information content (AvgIpc) is 2.33. The van der Waals surface area contributed by atoms with E-state index in [0.717, 1.165) is 12.2 Å². The molecule has 0 bridgehead atoms. The van der Waals surface area contributed by atoms with Gasteiger partial charge >= 0.3 is 0 Å². The number of aryl methyl sites for hydroxylation is 1. The Labute approximate surface area is 72.8 Å². The fourth-order valence-corrected chi connectivity index (χ4v) is 0.841. The van der Waals surface area contributed by atoms with Crippen LogP contribution in [0.1, 0.15) is 33.0 Å². The van der Waals surface area contributed by atoms with Crippen molar-refractivity contribution < 1.29 is 0 Å². The van der Waals surface area contributed by atoms with Crippen LogP contribution in [0.5, 0.6) is 0 Å². The third-order valence-electron chi connectivity index (χ3n) is 2.29. The Morgan fingerprint density at radius 1 is 1.50 bits per heavy atom. The largest absolute Gasteiger partial charge is 0.368 e. The molecule has 0 radical (unpaired) electrons. The predicted octanol–water partition coefficient (Wildman–Crippen LogP) is 1.08. The molecular formula is C8H16N4. The lowest BCUT2D eigenvalue weighted by molar-refractivity contribution is 0.469. The quantitative estimate of drug-likeness (QED) is 0.719. The Morgan fingerprint density at radius 3 is 2.42 bits per heavy atom. The van der Waals surface area contributed by atoms with Crippen molar-refractivity contribution in [3.05, 3.63) is 5.82 Å². The molecule has 0 spiro atoms. The van der Waals surface area contributed by atoms with Crippen molar-refractivity contribution in [2.45, 2.75) is 32.6 Å². The van der Waals surface area contributed by atoms with Crippen LogP contribution in [0.4, 0.5) is 5.95 Å². The number of hydrogen-bond donors (Lipinski definition) is 1. The van der Waals surface area contributed by atoms with Crippen LogP contribution in [0.25, 0.3) is 0 Å². The van der Waals surface area contributed by atoms with Gasteiger partial charge in [0.05, 0.1) is 0 Å². The second kappa shape index (κ2) is 2.77. The van der Waals surface area contributed by atoms with Crippen molar-refractivity contribution in [3.8, 4) is 0 Å². The number of aromatic nitrogens is 3. The van der Waals surface area contributed by atoms with Crippen LogP contribution in [0.3, 0.4) is 0 Å². The summed E-state index contributed by atoms with van der Waals surface area (Å²) in [6, 6.07) is 0. The van der Waals surface area contributed by atoms with E-state index in [1.165, 1.54) is 0 Å². The zero-order valence-electron chi connectivity index (χ0n) is 8.13. The maximum Gasteiger partial charge on any atom is 0.218 e. The molecule has 0 aromatic carbocycles. The monoisotopic (exact) mass is 168 g/mol. The Morgan fingerprint density at radius 2 is 2.08 bits per heavy atom. The number of rotatable bonds is 2. The number of hydrogen-bond acceptors (Lipinski definition) is 3. The highest BCUT2D eigenvalue weighted by Gasteiger charge is 2.23. The van der Waals surface area contributed by atoms with Gasteiger partial charge in [-0.2, -0.15) is 10.1 Å². The molecule has 0 fully saturated rings. The van der Waals surface area contributed by atoms with E-state index in [-0.39, 0.29) is 5.41 Å². The van der Waals surface area contributed by atoms with E-state index in [1.54, 1.807) is 11.7 Å². The van der Waals surface area contributed by atoms with Gasteiger partial charge in [0.25, 0.3) is 0 Å². The molecule has 4 nitrogen and oxygen atoms in total.